The summed E-state index contributed by atoms with van der Waals surface area (Å²) in [5, 5.41) is 17.0. The zero-order valence-electron chi connectivity index (χ0n) is 14.6. The molecule has 156 valence electrons. The van der Waals surface area contributed by atoms with E-state index in [9.17, 15) is 40.4 Å². The number of rotatable bonds is 1. The van der Waals surface area contributed by atoms with Crippen molar-refractivity contribution in [3.63, 3.8) is 0 Å². The average Bonchev–Trinajstić information content (AvgIpc) is 2.74. The molecule has 0 fully saturated rings. The highest BCUT2D eigenvalue weighted by atomic mass is 19.4. The highest BCUT2D eigenvalue weighted by Gasteiger charge is 2.35. The molecule has 0 radical (unpaired) electrons. The average molecular weight is 440 g/mol. The molecule has 0 saturated heterocycles. The van der Waals surface area contributed by atoms with Gasteiger partial charge in [-0.2, -0.15) is 23.7 Å². The van der Waals surface area contributed by atoms with Crippen LogP contribution in [0.1, 0.15) is 5.56 Å². The van der Waals surface area contributed by atoms with E-state index in [2.05, 4.69) is 9.97 Å². The summed E-state index contributed by atoms with van der Waals surface area (Å²) in [6, 6.07) is 3.69. The fraction of sp³-hybridized carbons (Fsp3) is 0.0526. The Morgan fingerprint density at radius 2 is 1.16 bits per heavy atom. The predicted molar refractivity (Wildman–Crippen MR) is 88.2 cm³/mol. The maximum Gasteiger partial charge on any atom is 0.426 e. The quantitative estimate of drug-likeness (QED) is 0.331. The third kappa shape index (κ3) is 3.42. The molecule has 0 spiro atoms. The van der Waals surface area contributed by atoms with E-state index in [0.29, 0.717) is 6.07 Å². The van der Waals surface area contributed by atoms with Crippen molar-refractivity contribution in [1.29, 1.82) is 10.5 Å². The summed E-state index contributed by atoms with van der Waals surface area (Å²) < 4.78 is 108. The lowest BCUT2D eigenvalue weighted by Crippen LogP contribution is -2.24. The number of halogens is 8. The van der Waals surface area contributed by atoms with Crippen LogP contribution in [-0.4, -0.2) is 16.1 Å². The van der Waals surface area contributed by atoms with E-state index in [1.54, 1.807) is 0 Å². The van der Waals surface area contributed by atoms with E-state index < -0.39 is 73.4 Å². The highest BCUT2D eigenvalue weighted by molar-refractivity contribution is 5.87. The SMILES string of the molecule is N#C/C(c1c(F)c(F)c(F)c(F)c1F)=c1/cc/c(=C(/C#N)C(F)(F)F)c2nccnc12. The van der Waals surface area contributed by atoms with E-state index in [1.807, 2.05) is 0 Å². The Labute approximate surface area is 166 Å². The molecule has 31 heavy (non-hydrogen) atoms. The van der Waals surface area contributed by atoms with Gasteiger partial charge in [0, 0.05) is 22.8 Å². The van der Waals surface area contributed by atoms with Gasteiger partial charge in [-0.05, 0) is 0 Å². The zero-order valence-corrected chi connectivity index (χ0v) is 14.6. The van der Waals surface area contributed by atoms with Crippen molar-refractivity contribution >= 4 is 22.2 Å². The van der Waals surface area contributed by atoms with E-state index in [0.717, 1.165) is 24.5 Å². The van der Waals surface area contributed by atoms with E-state index in [-0.39, 0.29) is 0 Å². The maximum absolute atomic E-state index is 14.2. The smallest absolute Gasteiger partial charge is 0.252 e. The molecule has 3 rings (SSSR count). The van der Waals surface area contributed by atoms with Crippen molar-refractivity contribution in [1.82, 2.24) is 9.97 Å². The van der Waals surface area contributed by atoms with Gasteiger partial charge in [0.2, 0.25) is 5.82 Å². The Morgan fingerprint density at radius 3 is 1.61 bits per heavy atom. The van der Waals surface area contributed by atoms with Crippen LogP contribution in [0.15, 0.2) is 24.5 Å². The van der Waals surface area contributed by atoms with Gasteiger partial charge in [-0.3, -0.25) is 9.97 Å². The third-order valence-corrected chi connectivity index (χ3v) is 4.13. The third-order valence-electron chi connectivity index (χ3n) is 4.13. The second-order valence-corrected chi connectivity index (χ2v) is 5.83. The molecule has 0 saturated carbocycles. The minimum Gasteiger partial charge on any atom is -0.252 e. The van der Waals surface area contributed by atoms with E-state index in [1.165, 1.54) is 6.07 Å². The van der Waals surface area contributed by atoms with Gasteiger partial charge in [0.1, 0.15) is 17.7 Å². The number of benzene rings is 2. The first-order valence-corrected chi connectivity index (χ1v) is 7.92. The fourth-order valence-electron chi connectivity index (χ4n) is 2.81. The molecule has 1 aromatic heterocycles. The molecule has 12 heteroatoms. The lowest BCUT2D eigenvalue weighted by molar-refractivity contribution is -0.0683. The van der Waals surface area contributed by atoms with Gasteiger partial charge in [0.05, 0.1) is 22.2 Å². The van der Waals surface area contributed by atoms with Gasteiger partial charge in [0.15, 0.2) is 23.3 Å². The van der Waals surface area contributed by atoms with Gasteiger partial charge in [0.25, 0.3) is 0 Å². The van der Waals surface area contributed by atoms with Crippen molar-refractivity contribution < 1.29 is 35.1 Å². The topological polar surface area (TPSA) is 73.4 Å². The molecule has 2 aromatic carbocycles. The van der Waals surface area contributed by atoms with Crippen molar-refractivity contribution in [2.24, 2.45) is 0 Å². The number of nitrogens with zero attached hydrogens (tertiary/aromatic N) is 4. The first-order valence-electron chi connectivity index (χ1n) is 7.92. The van der Waals surface area contributed by atoms with Gasteiger partial charge < -0.3 is 0 Å². The normalized spacial score (nSPS) is 13.5. The molecular weight excluding hydrogens is 436 g/mol. The van der Waals surface area contributed by atoms with E-state index in [4.69, 9.17) is 5.26 Å². The second-order valence-electron chi connectivity index (χ2n) is 5.83. The molecule has 0 aliphatic heterocycles. The molecular formula is C19H4F8N4. The number of alkyl halides is 3. The monoisotopic (exact) mass is 440 g/mol. The Kier molecular flexibility index (Phi) is 5.34. The standard InChI is InChI=1S/C19H4F8N4/c20-12-11(13(21)15(23)16(24)14(12)22)9(5-28)7-1-2-8(10(6-29)19(25,26)27)18-17(7)30-3-4-31-18/h1-4H/b9-7+,10-8+. The molecule has 0 amide bonds. The Hall–Kier alpha value is -4.06. The number of hydrogen-bond donors (Lipinski definition) is 0. The largest absolute Gasteiger partial charge is 0.426 e. The van der Waals surface area contributed by atoms with Crippen molar-refractivity contribution in [2.45, 2.75) is 6.18 Å². The number of nitriles is 2. The minimum absolute atomic E-state index is 0.530. The number of aromatic nitrogens is 2. The molecule has 0 atom stereocenters. The van der Waals surface area contributed by atoms with Crippen LogP contribution >= 0.6 is 0 Å². The van der Waals surface area contributed by atoms with Crippen LogP contribution in [-0.2, 0) is 0 Å². The Bertz CT molecular complexity index is 1420. The van der Waals surface area contributed by atoms with Crippen LogP contribution in [0.5, 0.6) is 0 Å². The first-order chi connectivity index (χ1) is 14.5. The summed E-state index contributed by atoms with van der Waals surface area (Å²) in [5.74, 6) is -11.7. The number of fused-ring (bicyclic) bond motifs is 1. The lowest BCUT2D eigenvalue weighted by Gasteiger charge is -2.09. The molecule has 0 aliphatic rings. The van der Waals surface area contributed by atoms with E-state index >= 15 is 0 Å². The van der Waals surface area contributed by atoms with Gasteiger partial charge >= 0.3 is 6.18 Å². The molecule has 3 aromatic rings. The zero-order chi connectivity index (χ0) is 23.1. The van der Waals surface area contributed by atoms with Crippen LogP contribution in [0.4, 0.5) is 35.1 Å². The first kappa shape index (κ1) is 21.6. The molecule has 0 bridgehead atoms. The van der Waals surface area contributed by atoms with Crippen molar-refractivity contribution in [3.05, 3.63) is 69.6 Å². The fourth-order valence-corrected chi connectivity index (χ4v) is 2.81. The van der Waals surface area contributed by atoms with Crippen LogP contribution in [0, 0.1) is 51.7 Å². The molecule has 0 unspecified atom stereocenters. The van der Waals surface area contributed by atoms with Gasteiger partial charge in [-0.1, -0.05) is 12.1 Å². The summed E-state index contributed by atoms with van der Waals surface area (Å²) in [7, 11) is 0. The molecule has 1 heterocycles. The number of hydrogen-bond acceptors (Lipinski definition) is 4. The Morgan fingerprint density at radius 1 is 0.710 bits per heavy atom. The van der Waals surface area contributed by atoms with Crippen molar-refractivity contribution in [2.75, 3.05) is 0 Å². The van der Waals surface area contributed by atoms with Crippen LogP contribution in [0.3, 0.4) is 0 Å². The van der Waals surface area contributed by atoms with Crippen molar-refractivity contribution in [3.8, 4) is 12.1 Å². The summed E-state index contributed by atoms with van der Waals surface area (Å²) in [4.78, 5) is 7.40. The summed E-state index contributed by atoms with van der Waals surface area (Å²) in [6.07, 6.45) is -3.18. The molecule has 0 aliphatic carbocycles. The summed E-state index contributed by atoms with van der Waals surface area (Å²) in [5.41, 5.74) is -5.45. The maximum atomic E-state index is 14.2. The highest BCUT2D eigenvalue weighted by Crippen LogP contribution is 2.28. The molecule has 4 nitrogen and oxygen atoms in total. The van der Waals surface area contributed by atoms with Crippen LogP contribution < -0.4 is 10.4 Å². The van der Waals surface area contributed by atoms with Crippen LogP contribution in [0.25, 0.3) is 22.2 Å². The molecule has 0 N–H and O–H groups in total. The predicted octanol–water partition coefficient (Wildman–Crippen LogP) is 3.28. The Balaban J connectivity index is 2.63. The van der Waals surface area contributed by atoms with Crippen LogP contribution in [0.2, 0.25) is 0 Å². The van der Waals surface area contributed by atoms with Gasteiger partial charge in [-0.15, -0.1) is 0 Å². The summed E-state index contributed by atoms with van der Waals surface area (Å²) in [6.45, 7) is 0. The minimum atomic E-state index is -5.09. The second kappa shape index (κ2) is 7.65. The lowest BCUT2D eigenvalue weighted by atomic mass is 10.00. The summed E-state index contributed by atoms with van der Waals surface area (Å²) >= 11 is 0. The van der Waals surface area contributed by atoms with Gasteiger partial charge in [-0.25, -0.2) is 22.0 Å².